The molecule has 2 aliphatic rings. The number of rotatable bonds is 4. The number of para-hydroxylation sites is 1. The van der Waals surface area contributed by atoms with Crippen molar-refractivity contribution in [2.75, 3.05) is 41.8 Å². The monoisotopic (exact) mass is 420 g/mol. The van der Waals surface area contributed by atoms with Crippen molar-refractivity contribution in [2.45, 2.75) is 6.17 Å². The standard InChI is InChI=1S/C21H20N6O2S/c28-19-18(24-21-25-20(26-30-21)27-10-12-29-13-11-27)23-17(14-6-2-1-3-7-14)15-8-4-5-9-16(15)22-19/h1-9,18H,10-13H2,(H,22,28)(H,24,25,26). The average Bonchev–Trinajstić information content (AvgIpc) is 3.21. The molecule has 2 N–H and O–H groups in total. The Morgan fingerprint density at radius 3 is 2.67 bits per heavy atom. The van der Waals surface area contributed by atoms with Crippen molar-refractivity contribution in [3.05, 3.63) is 65.7 Å². The Morgan fingerprint density at radius 2 is 1.83 bits per heavy atom. The first-order valence-corrected chi connectivity index (χ1v) is 10.5. The summed E-state index contributed by atoms with van der Waals surface area (Å²) in [6.45, 7) is 2.84. The molecule has 0 bridgehead atoms. The maximum Gasteiger partial charge on any atom is 0.269 e. The van der Waals surface area contributed by atoms with Crippen LogP contribution in [0.15, 0.2) is 59.6 Å². The van der Waals surface area contributed by atoms with E-state index in [1.807, 2.05) is 54.6 Å². The molecule has 1 saturated heterocycles. The van der Waals surface area contributed by atoms with Crippen LogP contribution in [0.4, 0.5) is 16.8 Å². The van der Waals surface area contributed by atoms with Crippen LogP contribution in [0, 0.1) is 0 Å². The Labute approximate surface area is 177 Å². The fourth-order valence-corrected chi connectivity index (χ4v) is 4.08. The lowest BCUT2D eigenvalue weighted by atomic mass is 10.0. The lowest BCUT2D eigenvalue weighted by Gasteiger charge is -2.25. The van der Waals surface area contributed by atoms with Crippen LogP contribution >= 0.6 is 11.5 Å². The predicted molar refractivity (Wildman–Crippen MR) is 118 cm³/mol. The lowest BCUT2D eigenvalue weighted by molar-refractivity contribution is -0.116. The van der Waals surface area contributed by atoms with E-state index in [1.54, 1.807) is 0 Å². The molecule has 5 rings (SSSR count). The molecular weight excluding hydrogens is 400 g/mol. The summed E-state index contributed by atoms with van der Waals surface area (Å²) in [6.07, 6.45) is -0.821. The summed E-state index contributed by atoms with van der Waals surface area (Å²) in [6, 6.07) is 17.5. The van der Waals surface area contributed by atoms with Crippen LogP contribution in [0.2, 0.25) is 0 Å². The first-order valence-electron chi connectivity index (χ1n) is 9.74. The number of carbonyl (C=O) groups excluding carboxylic acids is 1. The molecule has 9 heteroatoms. The molecule has 3 aromatic rings. The number of nitrogens with one attached hydrogen (secondary N) is 2. The van der Waals surface area contributed by atoms with Gasteiger partial charge in [-0.05, 0) is 6.07 Å². The zero-order valence-electron chi connectivity index (χ0n) is 16.1. The quantitative estimate of drug-likeness (QED) is 0.674. The van der Waals surface area contributed by atoms with Gasteiger partial charge >= 0.3 is 0 Å². The molecule has 2 aromatic carbocycles. The Morgan fingerprint density at radius 1 is 1.07 bits per heavy atom. The van der Waals surface area contributed by atoms with Crippen LogP contribution in [0.5, 0.6) is 0 Å². The fraction of sp³-hybridized carbons (Fsp3) is 0.238. The van der Waals surface area contributed by atoms with E-state index in [4.69, 9.17) is 9.73 Å². The predicted octanol–water partition coefficient (Wildman–Crippen LogP) is 2.60. The highest BCUT2D eigenvalue weighted by Crippen LogP contribution is 2.26. The number of aromatic nitrogens is 2. The number of aliphatic imine (C=N–C) groups is 1. The second-order valence-corrected chi connectivity index (χ2v) is 7.68. The largest absolute Gasteiger partial charge is 0.378 e. The van der Waals surface area contributed by atoms with Gasteiger partial charge in [0.15, 0.2) is 0 Å². The van der Waals surface area contributed by atoms with Crippen molar-refractivity contribution in [3.63, 3.8) is 0 Å². The molecule has 1 aromatic heterocycles. The number of benzodiazepines with no additional fused rings is 1. The summed E-state index contributed by atoms with van der Waals surface area (Å²) < 4.78 is 9.81. The maximum atomic E-state index is 12.9. The third-order valence-corrected chi connectivity index (χ3v) is 5.60. The van der Waals surface area contributed by atoms with Crippen molar-refractivity contribution < 1.29 is 9.53 Å². The third kappa shape index (κ3) is 3.77. The molecule has 0 spiro atoms. The van der Waals surface area contributed by atoms with Gasteiger partial charge in [0.1, 0.15) is 0 Å². The van der Waals surface area contributed by atoms with Crippen LogP contribution in [0.25, 0.3) is 0 Å². The summed E-state index contributed by atoms with van der Waals surface area (Å²) in [5.41, 5.74) is 3.31. The normalized spacial score (nSPS) is 18.8. The minimum absolute atomic E-state index is 0.239. The molecule has 0 radical (unpaired) electrons. The van der Waals surface area contributed by atoms with E-state index in [0.29, 0.717) is 24.3 Å². The first-order chi connectivity index (χ1) is 14.8. The number of benzene rings is 2. The fourth-order valence-electron chi connectivity index (χ4n) is 3.46. The highest BCUT2D eigenvalue weighted by atomic mass is 32.1. The van der Waals surface area contributed by atoms with Gasteiger partial charge in [-0.25, -0.2) is 4.99 Å². The van der Waals surface area contributed by atoms with Crippen LogP contribution in [-0.2, 0) is 9.53 Å². The van der Waals surface area contributed by atoms with E-state index in [0.717, 1.165) is 35.6 Å². The van der Waals surface area contributed by atoms with Crippen molar-refractivity contribution >= 4 is 39.9 Å². The summed E-state index contributed by atoms with van der Waals surface area (Å²) in [5.74, 6) is 0.409. The number of ether oxygens (including phenoxy) is 1. The van der Waals surface area contributed by atoms with Crippen molar-refractivity contribution in [1.82, 2.24) is 9.36 Å². The number of amides is 1. The van der Waals surface area contributed by atoms with E-state index in [2.05, 4.69) is 24.9 Å². The van der Waals surface area contributed by atoms with E-state index in [9.17, 15) is 4.79 Å². The Kier molecular flexibility index (Phi) is 5.12. The Hall–Kier alpha value is -3.30. The molecule has 8 nitrogen and oxygen atoms in total. The smallest absolute Gasteiger partial charge is 0.269 e. The highest BCUT2D eigenvalue weighted by molar-refractivity contribution is 7.09. The minimum atomic E-state index is -0.821. The SMILES string of the molecule is O=C1Nc2ccccc2C(c2ccccc2)=NC1Nc1nc(N2CCOCC2)ns1. The Balaban J connectivity index is 1.46. The van der Waals surface area contributed by atoms with Gasteiger partial charge in [-0.3, -0.25) is 4.79 Å². The van der Waals surface area contributed by atoms with E-state index < -0.39 is 6.17 Å². The summed E-state index contributed by atoms with van der Waals surface area (Å²) in [5, 5.41) is 6.68. The molecule has 1 amide bonds. The van der Waals surface area contributed by atoms with Gasteiger partial charge in [-0.15, -0.1) is 0 Å². The number of morpholine rings is 1. The minimum Gasteiger partial charge on any atom is -0.378 e. The second-order valence-electron chi connectivity index (χ2n) is 6.92. The summed E-state index contributed by atoms with van der Waals surface area (Å²) in [4.78, 5) is 24.3. The van der Waals surface area contributed by atoms with Gasteiger partial charge < -0.3 is 20.3 Å². The molecule has 0 saturated carbocycles. The van der Waals surface area contributed by atoms with Crippen LogP contribution in [0.1, 0.15) is 11.1 Å². The van der Waals surface area contributed by atoms with Gasteiger partial charge in [-0.1, -0.05) is 48.5 Å². The van der Waals surface area contributed by atoms with Gasteiger partial charge in [-0.2, -0.15) is 9.36 Å². The maximum absolute atomic E-state index is 12.9. The number of anilines is 3. The number of hydrogen-bond acceptors (Lipinski definition) is 8. The highest BCUT2D eigenvalue weighted by Gasteiger charge is 2.27. The molecule has 1 fully saturated rings. The van der Waals surface area contributed by atoms with Crippen molar-refractivity contribution in [3.8, 4) is 0 Å². The molecule has 0 aliphatic carbocycles. The molecule has 1 atom stereocenters. The molecule has 152 valence electrons. The first kappa shape index (κ1) is 18.7. The lowest BCUT2D eigenvalue weighted by Crippen LogP contribution is -2.37. The number of carbonyl (C=O) groups is 1. The van der Waals surface area contributed by atoms with Crippen molar-refractivity contribution in [2.24, 2.45) is 4.99 Å². The number of hydrogen-bond donors (Lipinski definition) is 2. The molecule has 1 unspecified atom stereocenters. The summed E-state index contributed by atoms with van der Waals surface area (Å²) in [7, 11) is 0. The molecule has 3 heterocycles. The van der Waals surface area contributed by atoms with E-state index in [1.165, 1.54) is 11.5 Å². The summed E-state index contributed by atoms with van der Waals surface area (Å²) >= 11 is 1.22. The van der Waals surface area contributed by atoms with Crippen LogP contribution < -0.4 is 15.5 Å². The number of fused-ring (bicyclic) bond motifs is 1. The van der Waals surface area contributed by atoms with Gasteiger partial charge in [0.05, 0.1) is 24.6 Å². The van der Waals surface area contributed by atoms with E-state index >= 15 is 0 Å². The molecule has 2 aliphatic heterocycles. The zero-order chi connectivity index (χ0) is 20.3. The number of nitrogens with zero attached hydrogens (tertiary/aromatic N) is 4. The van der Waals surface area contributed by atoms with Gasteiger partial charge in [0, 0.05) is 35.7 Å². The zero-order valence-corrected chi connectivity index (χ0v) is 16.9. The topological polar surface area (TPSA) is 91.7 Å². The van der Waals surface area contributed by atoms with Crippen LogP contribution in [-0.4, -0.2) is 53.4 Å². The van der Waals surface area contributed by atoms with E-state index in [-0.39, 0.29) is 5.91 Å². The molecular formula is C21H20N6O2S. The van der Waals surface area contributed by atoms with Gasteiger partial charge in [0.2, 0.25) is 17.2 Å². The Bertz CT molecular complexity index is 1080. The van der Waals surface area contributed by atoms with Crippen molar-refractivity contribution in [1.29, 1.82) is 0 Å². The third-order valence-electron chi connectivity index (χ3n) is 4.96. The molecule has 30 heavy (non-hydrogen) atoms. The van der Waals surface area contributed by atoms with Gasteiger partial charge in [0.25, 0.3) is 5.91 Å². The average molecular weight is 420 g/mol. The van der Waals surface area contributed by atoms with Crippen LogP contribution in [0.3, 0.4) is 0 Å². The second kappa shape index (κ2) is 8.21.